The SMILES string of the molecule is CC1=CC([C@H]2C[C@@H](O)[C@@H](COPO)O2)C(=O)NC1=O. The van der Waals surface area contributed by atoms with Crippen LogP contribution in [0.25, 0.3) is 0 Å². The molecule has 7 nitrogen and oxygen atoms in total. The fraction of sp³-hybridized carbons (Fsp3) is 0.636. The van der Waals surface area contributed by atoms with Crippen LogP contribution in [0.2, 0.25) is 0 Å². The van der Waals surface area contributed by atoms with Gasteiger partial charge in [-0.1, -0.05) is 6.08 Å². The highest BCUT2D eigenvalue weighted by Gasteiger charge is 2.42. The number of ether oxygens (including phenoxy) is 1. The second-order valence-corrected chi connectivity index (χ2v) is 5.08. The number of imide groups is 1. The molecule has 0 spiro atoms. The maximum absolute atomic E-state index is 11.8. The first-order chi connectivity index (χ1) is 9.02. The van der Waals surface area contributed by atoms with Crippen molar-refractivity contribution in [2.75, 3.05) is 6.61 Å². The quantitative estimate of drug-likeness (QED) is 0.464. The average Bonchev–Trinajstić information content (AvgIpc) is 2.72. The molecule has 0 aromatic heterocycles. The van der Waals surface area contributed by atoms with Crippen molar-refractivity contribution < 1.29 is 28.8 Å². The van der Waals surface area contributed by atoms with Crippen LogP contribution in [-0.2, 0) is 18.8 Å². The molecular formula is C11H16NO6P. The minimum absolute atomic E-state index is 0.0720. The van der Waals surface area contributed by atoms with Gasteiger partial charge in [-0.2, -0.15) is 0 Å². The van der Waals surface area contributed by atoms with Crippen LogP contribution in [0.15, 0.2) is 11.6 Å². The van der Waals surface area contributed by atoms with Gasteiger partial charge in [0.25, 0.3) is 5.91 Å². The molecule has 0 aromatic rings. The molecule has 2 unspecified atom stereocenters. The van der Waals surface area contributed by atoms with E-state index >= 15 is 0 Å². The van der Waals surface area contributed by atoms with Gasteiger partial charge in [0.2, 0.25) is 5.91 Å². The summed E-state index contributed by atoms with van der Waals surface area (Å²) in [6.07, 6.45) is 0.0479. The molecule has 0 saturated carbocycles. The van der Waals surface area contributed by atoms with Crippen LogP contribution in [0.4, 0.5) is 0 Å². The van der Waals surface area contributed by atoms with Crippen LogP contribution in [0.3, 0.4) is 0 Å². The molecule has 0 bridgehead atoms. The Labute approximate surface area is 111 Å². The number of hydrogen-bond donors (Lipinski definition) is 3. The van der Waals surface area contributed by atoms with Crippen molar-refractivity contribution in [1.82, 2.24) is 5.32 Å². The molecule has 1 saturated heterocycles. The molecule has 2 aliphatic rings. The first kappa shape index (κ1) is 14.6. The first-order valence-corrected chi connectivity index (χ1v) is 6.76. The van der Waals surface area contributed by atoms with Crippen molar-refractivity contribution in [3.05, 3.63) is 11.6 Å². The molecule has 0 radical (unpaired) electrons. The fourth-order valence-corrected chi connectivity index (χ4v) is 2.49. The first-order valence-electron chi connectivity index (χ1n) is 5.91. The zero-order valence-corrected chi connectivity index (χ0v) is 11.3. The smallest absolute Gasteiger partial charge is 0.253 e. The molecule has 0 aliphatic carbocycles. The molecular weight excluding hydrogens is 273 g/mol. The van der Waals surface area contributed by atoms with E-state index in [1.165, 1.54) is 0 Å². The summed E-state index contributed by atoms with van der Waals surface area (Å²) in [5, 5.41) is 12.1. The van der Waals surface area contributed by atoms with Gasteiger partial charge in [0.05, 0.1) is 24.7 Å². The topological polar surface area (TPSA) is 105 Å². The summed E-state index contributed by atoms with van der Waals surface area (Å²) in [6, 6.07) is 0. The van der Waals surface area contributed by atoms with Gasteiger partial charge in [-0.05, 0) is 6.92 Å². The van der Waals surface area contributed by atoms with Crippen LogP contribution >= 0.6 is 9.03 Å². The predicted octanol–water partition coefficient (Wildman–Crippen LogP) is -0.759. The summed E-state index contributed by atoms with van der Waals surface area (Å²) in [5.74, 6) is -1.41. The molecule has 2 rings (SSSR count). The van der Waals surface area contributed by atoms with Crippen molar-refractivity contribution >= 4 is 20.8 Å². The Kier molecular flexibility index (Phi) is 4.65. The highest BCUT2D eigenvalue weighted by molar-refractivity contribution is 7.24. The zero-order chi connectivity index (χ0) is 14.0. The molecule has 5 atom stereocenters. The Balaban J connectivity index is 2.03. The van der Waals surface area contributed by atoms with E-state index in [1.807, 2.05) is 0 Å². The van der Waals surface area contributed by atoms with Crippen LogP contribution in [0, 0.1) is 5.92 Å². The molecule has 106 valence electrons. The van der Waals surface area contributed by atoms with Gasteiger partial charge >= 0.3 is 0 Å². The summed E-state index contributed by atoms with van der Waals surface area (Å²) in [6.45, 7) is 1.69. The number of carbonyl (C=O) groups excluding carboxylic acids is 2. The Morgan fingerprint density at radius 3 is 3.00 bits per heavy atom. The van der Waals surface area contributed by atoms with E-state index in [2.05, 4.69) is 5.32 Å². The zero-order valence-electron chi connectivity index (χ0n) is 10.3. The Morgan fingerprint density at radius 2 is 2.32 bits per heavy atom. The van der Waals surface area contributed by atoms with E-state index in [0.29, 0.717) is 12.0 Å². The van der Waals surface area contributed by atoms with Crippen LogP contribution in [0.5, 0.6) is 0 Å². The van der Waals surface area contributed by atoms with E-state index in [1.54, 1.807) is 13.0 Å². The molecule has 0 aromatic carbocycles. The minimum Gasteiger partial charge on any atom is -0.390 e. The summed E-state index contributed by atoms with van der Waals surface area (Å²) < 4.78 is 10.4. The highest BCUT2D eigenvalue weighted by Crippen LogP contribution is 2.30. The number of hydrogen-bond acceptors (Lipinski definition) is 6. The summed E-state index contributed by atoms with van der Waals surface area (Å²) in [7, 11) is -0.667. The standard InChI is InChI=1S/C11H16NO6P/c1-5-2-6(11(15)12-10(5)14)8-3-7(13)9(18-8)4-17-19-16/h2,6-9,13,16,19H,3-4H2,1H3,(H,12,14,15)/t6?,7-,8-,9-/m1/s1. The lowest BCUT2D eigenvalue weighted by atomic mass is 9.93. The average molecular weight is 289 g/mol. The van der Waals surface area contributed by atoms with Crippen LogP contribution < -0.4 is 5.32 Å². The Hall–Kier alpha value is -0.850. The molecule has 2 heterocycles. The Morgan fingerprint density at radius 1 is 1.58 bits per heavy atom. The predicted molar refractivity (Wildman–Crippen MR) is 66.2 cm³/mol. The Bertz CT molecular complexity index is 412. The van der Waals surface area contributed by atoms with Gasteiger partial charge in [-0.15, -0.1) is 0 Å². The lowest BCUT2D eigenvalue weighted by Crippen LogP contribution is -2.44. The van der Waals surface area contributed by atoms with Crippen molar-refractivity contribution in [3.63, 3.8) is 0 Å². The highest BCUT2D eigenvalue weighted by atomic mass is 31.1. The summed E-state index contributed by atoms with van der Waals surface area (Å²) >= 11 is 0. The third kappa shape index (κ3) is 3.19. The fourth-order valence-electron chi connectivity index (χ4n) is 2.25. The number of carbonyl (C=O) groups is 2. The second kappa shape index (κ2) is 6.07. The van der Waals surface area contributed by atoms with Crippen LogP contribution in [0.1, 0.15) is 13.3 Å². The normalized spacial score (nSPS) is 35.8. The number of aliphatic hydroxyl groups excluding tert-OH is 1. The maximum atomic E-state index is 11.8. The maximum Gasteiger partial charge on any atom is 0.253 e. The minimum atomic E-state index is -0.750. The van der Waals surface area contributed by atoms with E-state index < -0.39 is 45.1 Å². The van der Waals surface area contributed by atoms with Crippen molar-refractivity contribution in [1.29, 1.82) is 0 Å². The third-order valence-corrected chi connectivity index (χ3v) is 3.59. The van der Waals surface area contributed by atoms with E-state index in [9.17, 15) is 14.7 Å². The van der Waals surface area contributed by atoms with Gasteiger partial charge in [0, 0.05) is 12.0 Å². The number of aliphatic hydroxyl groups is 1. The van der Waals surface area contributed by atoms with Gasteiger partial charge < -0.3 is 19.3 Å². The number of rotatable bonds is 4. The largest absolute Gasteiger partial charge is 0.390 e. The van der Waals surface area contributed by atoms with Gasteiger partial charge in [0.15, 0.2) is 9.03 Å². The number of nitrogens with one attached hydrogen (secondary N) is 1. The van der Waals surface area contributed by atoms with E-state index in [4.69, 9.17) is 14.2 Å². The molecule has 1 fully saturated rings. The number of amides is 2. The lowest BCUT2D eigenvalue weighted by molar-refractivity contribution is -0.134. The summed E-state index contributed by atoms with van der Waals surface area (Å²) in [4.78, 5) is 31.6. The third-order valence-electron chi connectivity index (χ3n) is 3.29. The monoisotopic (exact) mass is 289 g/mol. The molecule has 8 heteroatoms. The second-order valence-electron chi connectivity index (χ2n) is 4.61. The molecule has 2 aliphatic heterocycles. The van der Waals surface area contributed by atoms with Gasteiger partial charge in [-0.25, -0.2) is 0 Å². The van der Waals surface area contributed by atoms with Crippen molar-refractivity contribution in [2.45, 2.75) is 31.7 Å². The molecule has 3 N–H and O–H groups in total. The summed E-state index contributed by atoms with van der Waals surface area (Å²) in [5.41, 5.74) is 0.458. The van der Waals surface area contributed by atoms with E-state index in [0.717, 1.165) is 0 Å². The molecule has 19 heavy (non-hydrogen) atoms. The van der Waals surface area contributed by atoms with Crippen molar-refractivity contribution in [2.24, 2.45) is 5.92 Å². The van der Waals surface area contributed by atoms with Crippen molar-refractivity contribution in [3.8, 4) is 0 Å². The van der Waals surface area contributed by atoms with E-state index in [-0.39, 0.29) is 6.61 Å². The van der Waals surface area contributed by atoms with Gasteiger partial charge in [0.1, 0.15) is 6.10 Å². The lowest BCUT2D eigenvalue weighted by Gasteiger charge is -2.23. The molecule has 2 amide bonds. The van der Waals surface area contributed by atoms with Gasteiger partial charge in [-0.3, -0.25) is 14.9 Å². The van der Waals surface area contributed by atoms with Crippen LogP contribution in [-0.4, -0.2) is 46.7 Å².